The Bertz CT molecular complexity index is 1010. The quantitative estimate of drug-likeness (QED) is 0.592. The van der Waals surface area contributed by atoms with Gasteiger partial charge in [-0.05, 0) is 31.2 Å². The fraction of sp³-hybridized carbons (Fsp3) is 0.300. The van der Waals surface area contributed by atoms with E-state index in [-0.39, 0.29) is 39.5 Å². The standard InChI is InChI=1S/C20H21NO8/c1-21-5-4-9-12(8-21)17(23)18(29-3)15(16(9)20(26)27)10-7-14(28-2)13(22)6-11(10)19(24)25/h6-7,22-23H,4-5,8H2,1-3H3,(H,24,25)(H,26,27). The minimum Gasteiger partial charge on any atom is -0.504 e. The molecular weight excluding hydrogens is 382 g/mol. The Labute approximate surface area is 166 Å². The van der Waals surface area contributed by atoms with Crippen molar-refractivity contribution in [2.24, 2.45) is 0 Å². The van der Waals surface area contributed by atoms with Crippen LogP contribution in [0.1, 0.15) is 31.8 Å². The number of fused-ring (bicyclic) bond motifs is 1. The fourth-order valence-corrected chi connectivity index (χ4v) is 3.72. The molecule has 29 heavy (non-hydrogen) atoms. The Morgan fingerprint density at radius 1 is 1.03 bits per heavy atom. The van der Waals surface area contributed by atoms with Gasteiger partial charge in [0.15, 0.2) is 23.0 Å². The number of likely N-dealkylation sites (N-methyl/N-ethyl adjacent to an activating group) is 1. The molecule has 2 aromatic rings. The minimum atomic E-state index is -1.38. The highest BCUT2D eigenvalue weighted by atomic mass is 16.5. The summed E-state index contributed by atoms with van der Waals surface area (Å²) in [7, 11) is 4.40. The van der Waals surface area contributed by atoms with Crippen molar-refractivity contribution in [3.63, 3.8) is 0 Å². The maximum atomic E-state index is 12.3. The zero-order valence-electron chi connectivity index (χ0n) is 16.1. The van der Waals surface area contributed by atoms with Crippen LogP contribution in [-0.4, -0.2) is 65.1 Å². The number of methoxy groups -OCH3 is 2. The average Bonchev–Trinajstić information content (AvgIpc) is 2.67. The second-order valence-corrected chi connectivity index (χ2v) is 6.76. The van der Waals surface area contributed by atoms with E-state index >= 15 is 0 Å². The molecule has 0 unspecified atom stereocenters. The summed E-state index contributed by atoms with van der Waals surface area (Å²) in [5.41, 5.74) is 0.246. The van der Waals surface area contributed by atoms with Gasteiger partial charge in [-0.15, -0.1) is 0 Å². The van der Waals surface area contributed by atoms with Gasteiger partial charge < -0.3 is 34.8 Å². The third-order valence-electron chi connectivity index (χ3n) is 5.05. The first-order valence-electron chi connectivity index (χ1n) is 8.72. The summed E-state index contributed by atoms with van der Waals surface area (Å²) in [5, 5.41) is 40.5. The molecule has 0 fully saturated rings. The van der Waals surface area contributed by atoms with E-state index in [0.29, 0.717) is 30.6 Å². The molecule has 0 atom stereocenters. The molecule has 1 aliphatic heterocycles. The maximum Gasteiger partial charge on any atom is 0.336 e. The Kier molecular flexibility index (Phi) is 5.25. The number of aromatic hydroxyl groups is 2. The molecule has 0 saturated heterocycles. The molecule has 0 radical (unpaired) electrons. The molecule has 0 spiro atoms. The molecule has 3 rings (SSSR count). The van der Waals surface area contributed by atoms with Crippen LogP contribution in [0, 0.1) is 0 Å². The highest BCUT2D eigenvalue weighted by Gasteiger charge is 2.33. The third kappa shape index (κ3) is 3.29. The normalized spacial score (nSPS) is 13.6. The summed E-state index contributed by atoms with van der Waals surface area (Å²) in [6.45, 7) is 0.895. The molecule has 2 aromatic carbocycles. The van der Waals surface area contributed by atoms with Gasteiger partial charge in [0, 0.05) is 29.8 Å². The summed E-state index contributed by atoms with van der Waals surface area (Å²) < 4.78 is 10.4. The number of nitrogens with zero attached hydrogens (tertiary/aromatic N) is 1. The van der Waals surface area contributed by atoms with E-state index in [1.165, 1.54) is 20.3 Å². The van der Waals surface area contributed by atoms with Crippen LogP contribution >= 0.6 is 0 Å². The van der Waals surface area contributed by atoms with Gasteiger partial charge in [-0.3, -0.25) is 0 Å². The van der Waals surface area contributed by atoms with Crippen LogP contribution in [0.15, 0.2) is 12.1 Å². The molecule has 0 amide bonds. The number of rotatable bonds is 5. The van der Waals surface area contributed by atoms with Crippen LogP contribution in [-0.2, 0) is 13.0 Å². The first-order valence-corrected chi connectivity index (χ1v) is 8.72. The van der Waals surface area contributed by atoms with Gasteiger partial charge in [-0.25, -0.2) is 9.59 Å². The molecule has 0 aromatic heterocycles. The van der Waals surface area contributed by atoms with Crippen molar-refractivity contribution in [1.82, 2.24) is 4.90 Å². The first-order chi connectivity index (χ1) is 13.7. The number of phenolic OH excluding ortho intramolecular Hbond substituents is 2. The molecular formula is C20H21NO8. The second-order valence-electron chi connectivity index (χ2n) is 6.76. The number of ether oxygens (including phenoxy) is 2. The molecule has 0 aliphatic carbocycles. The predicted octanol–water partition coefficient (Wildman–Crippen LogP) is 2.17. The van der Waals surface area contributed by atoms with Crippen LogP contribution in [0.2, 0.25) is 0 Å². The van der Waals surface area contributed by atoms with Gasteiger partial charge in [-0.2, -0.15) is 0 Å². The number of phenols is 2. The summed E-state index contributed by atoms with van der Waals surface area (Å²) in [5.74, 6) is -3.49. The third-order valence-corrected chi connectivity index (χ3v) is 5.05. The predicted molar refractivity (Wildman–Crippen MR) is 102 cm³/mol. The van der Waals surface area contributed by atoms with Gasteiger partial charge >= 0.3 is 11.9 Å². The molecule has 1 heterocycles. The molecule has 4 N–H and O–H groups in total. The van der Waals surface area contributed by atoms with E-state index in [1.807, 2.05) is 11.9 Å². The van der Waals surface area contributed by atoms with Crippen LogP contribution in [0.25, 0.3) is 11.1 Å². The first kappa shape index (κ1) is 20.3. The number of carboxylic acid groups (broad SMARTS) is 2. The molecule has 9 heteroatoms. The fourth-order valence-electron chi connectivity index (χ4n) is 3.72. The van der Waals surface area contributed by atoms with Crippen LogP contribution < -0.4 is 9.47 Å². The van der Waals surface area contributed by atoms with Gasteiger partial charge in [0.25, 0.3) is 0 Å². The lowest BCUT2D eigenvalue weighted by Gasteiger charge is -2.29. The van der Waals surface area contributed by atoms with Crippen molar-refractivity contribution < 1.29 is 39.5 Å². The topological polar surface area (TPSA) is 137 Å². The van der Waals surface area contributed by atoms with Crippen molar-refractivity contribution in [2.75, 3.05) is 27.8 Å². The van der Waals surface area contributed by atoms with Crippen molar-refractivity contribution >= 4 is 11.9 Å². The van der Waals surface area contributed by atoms with Crippen LogP contribution in [0.3, 0.4) is 0 Å². The Hall–Kier alpha value is -3.46. The van der Waals surface area contributed by atoms with E-state index in [9.17, 15) is 30.0 Å². The molecule has 0 bridgehead atoms. The van der Waals surface area contributed by atoms with Gasteiger partial charge in [0.2, 0.25) is 0 Å². The van der Waals surface area contributed by atoms with Crippen LogP contribution in [0.5, 0.6) is 23.0 Å². The number of carbonyl (C=O) groups is 2. The number of carboxylic acids is 2. The highest BCUT2D eigenvalue weighted by Crippen LogP contribution is 2.49. The average molecular weight is 403 g/mol. The summed E-state index contributed by atoms with van der Waals surface area (Å²) in [6, 6.07) is 2.20. The zero-order valence-corrected chi connectivity index (χ0v) is 16.1. The monoisotopic (exact) mass is 403 g/mol. The van der Waals surface area contributed by atoms with E-state index in [2.05, 4.69) is 0 Å². The molecule has 0 saturated carbocycles. The Morgan fingerprint density at radius 2 is 1.72 bits per heavy atom. The number of benzene rings is 2. The maximum absolute atomic E-state index is 12.3. The van der Waals surface area contributed by atoms with Crippen molar-refractivity contribution in [3.8, 4) is 34.1 Å². The van der Waals surface area contributed by atoms with Gasteiger partial charge in [0.1, 0.15) is 0 Å². The van der Waals surface area contributed by atoms with Crippen molar-refractivity contribution in [2.45, 2.75) is 13.0 Å². The number of hydrogen-bond acceptors (Lipinski definition) is 7. The smallest absolute Gasteiger partial charge is 0.336 e. The molecule has 1 aliphatic rings. The number of hydrogen-bond donors (Lipinski definition) is 4. The molecule has 9 nitrogen and oxygen atoms in total. The zero-order chi connectivity index (χ0) is 21.5. The SMILES string of the molecule is COc1cc(-c2c(OC)c(O)c3c(c2C(=O)O)CCN(C)C3)c(C(=O)O)cc1O. The van der Waals surface area contributed by atoms with Crippen molar-refractivity contribution in [3.05, 3.63) is 34.4 Å². The summed E-state index contributed by atoms with van der Waals surface area (Å²) in [4.78, 5) is 26.0. The lowest BCUT2D eigenvalue weighted by atomic mass is 9.85. The Morgan fingerprint density at radius 3 is 2.28 bits per heavy atom. The van der Waals surface area contributed by atoms with E-state index < -0.39 is 17.7 Å². The second kappa shape index (κ2) is 7.51. The summed E-state index contributed by atoms with van der Waals surface area (Å²) in [6.07, 6.45) is 0.357. The van der Waals surface area contributed by atoms with E-state index in [4.69, 9.17) is 9.47 Å². The largest absolute Gasteiger partial charge is 0.504 e. The lowest BCUT2D eigenvalue weighted by Crippen LogP contribution is -2.28. The van der Waals surface area contributed by atoms with Gasteiger partial charge in [0.05, 0.1) is 25.3 Å². The van der Waals surface area contributed by atoms with Gasteiger partial charge in [-0.1, -0.05) is 0 Å². The lowest BCUT2D eigenvalue weighted by molar-refractivity contribution is 0.0682. The molecule has 154 valence electrons. The van der Waals surface area contributed by atoms with E-state index in [0.717, 1.165) is 6.07 Å². The van der Waals surface area contributed by atoms with Crippen molar-refractivity contribution in [1.29, 1.82) is 0 Å². The highest BCUT2D eigenvalue weighted by molar-refractivity contribution is 6.06. The minimum absolute atomic E-state index is 0.0414. The number of aromatic carboxylic acids is 2. The van der Waals surface area contributed by atoms with Crippen LogP contribution in [0.4, 0.5) is 0 Å². The van der Waals surface area contributed by atoms with E-state index in [1.54, 1.807) is 0 Å². The Balaban J connectivity index is 2.49. The summed E-state index contributed by atoms with van der Waals surface area (Å²) >= 11 is 0.